The van der Waals surface area contributed by atoms with Crippen molar-refractivity contribution in [2.75, 3.05) is 12.8 Å². The van der Waals surface area contributed by atoms with Gasteiger partial charge < -0.3 is 10.2 Å². The fourth-order valence-electron chi connectivity index (χ4n) is 2.68. The molecule has 144 valence electrons. The van der Waals surface area contributed by atoms with Crippen molar-refractivity contribution in [1.29, 1.82) is 0 Å². The molecule has 0 spiro atoms. The van der Waals surface area contributed by atoms with Gasteiger partial charge in [-0.15, -0.1) is 11.8 Å². The summed E-state index contributed by atoms with van der Waals surface area (Å²) in [6, 6.07) is 13.4. The normalized spacial score (nSPS) is 11.7. The Balaban J connectivity index is 2.04. The smallest absolute Gasteiger partial charge is 0.242 e. The SMILES string of the molecule is CNC(=O)C(C)N(Cc1ccc(F)cc1)C(=O)CSCc1ccccc1C. The molecule has 0 aliphatic rings. The third-order valence-electron chi connectivity index (χ3n) is 4.42. The molecular weight excluding hydrogens is 363 g/mol. The number of hydrogen-bond acceptors (Lipinski definition) is 3. The molecule has 4 nitrogen and oxygen atoms in total. The maximum atomic E-state index is 13.1. The van der Waals surface area contributed by atoms with Crippen molar-refractivity contribution < 1.29 is 14.0 Å². The number of carbonyl (C=O) groups excluding carboxylic acids is 2. The van der Waals surface area contributed by atoms with Crippen molar-refractivity contribution in [3.63, 3.8) is 0 Å². The van der Waals surface area contributed by atoms with Gasteiger partial charge in [-0.1, -0.05) is 36.4 Å². The molecule has 0 fully saturated rings. The minimum atomic E-state index is -0.605. The third kappa shape index (κ3) is 6.10. The molecule has 1 N–H and O–H groups in total. The Morgan fingerprint density at radius 1 is 1.15 bits per heavy atom. The largest absolute Gasteiger partial charge is 0.357 e. The number of hydrogen-bond donors (Lipinski definition) is 1. The molecule has 0 saturated carbocycles. The zero-order valence-electron chi connectivity index (χ0n) is 15.9. The number of likely N-dealkylation sites (N-methyl/N-ethyl adjacent to an activating group) is 1. The van der Waals surface area contributed by atoms with Gasteiger partial charge in [-0.05, 0) is 42.7 Å². The van der Waals surface area contributed by atoms with Crippen LogP contribution in [0.25, 0.3) is 0 Å². The van der Waals surface area contributed by atoms with Crippen molar-refractivity contribution in [2.24, 2.45) is 0 Å². The minimum absolute atomic E-state index is 0.117. The molecule has 2 aromatic carbocycles. The van der Waals surface area contributed by atoms with Crippen LogP contribution in [0.5, 0.6) is 0 Å². The number of thioether (sulfide) groups is 1. The van der Waals surface area contributed by atoms with E-state index in [4.69, 9.17) is 0 Å². The van der Waals surface area contributed by atoms with Gasteiger partial charge >= 0.3 is 0 Å². The predicted molar refractivity (Wildman–Crippen MR) is 108 cm³/mol. The van der Waals surface area contributed by atoms with Gasteiger partial charge in [-0.2, -0.15) is 0 Å². The fraction of sp³-hybridized carbons (Fsp3) is 0.333. The lowest BCUT2D eigenvalue weighted by molar-refractivity contribution is -0.138. The van der Waals surface area contributed by atoms with Crippen molar-refractivity contribution in [1.82, 2.24) is 10.2 Å². The van der Waals surface area contributed by atoms with E-state index in [0.717, 1.165) is 11.3 Å². The molecule has 0 heterocycles. The summed E-state index contributed by atoms with van der Waals surface area (Å²) in [6.45, 7) is 4.01. The summed E-state index contributed by atoms with van der Waals surface area (Å²) in [5.41, 5.74) is 3.17. The number of nitrogens with zero attached hydrogens (tertiary/aromatic N) is 1. The van der Waals surface area contributed by atoms with Crippen LogP contribution in [0.3, 0.4) is 0 Å². The third-order valence-corrected chi connectivity index (χ3v) is 5.39. The van der Waals surface area contributed by atoms with E-state index in [1.54, 1.807) is 26.1 Å². The number of rotatable bonds is 8. The van der Waals surface area contributed by atoms with Crippen LogP contribution in [0.2, 0.25) is 0 Å². The highest BCUT2D eigenvalue weighted by atomic mass is 32.2. The second-order valence-corrected chi connectivity index (χ2v) is 7.34. The minimum Gasteiger partial charge on any atom is -0.357 e. The summed E-state index contributed by atoms with van der Waals surface area (Å²) < 4.78 is 13.1. The Morgan fingerprint density at radius 3 is 2.44 bits per heavy atom. The maximum absolute atomic E-state index is 13.1. The van der Waals surface area contributed by atoms with Gasteiger partial charge in [0, 0.05) is 19.3 Å². The molecule has 27 heavy (non-hydrogen) atoms. The lowest BCUT2D eigenvalue weighted by Gasteiger charge is -2.28. The van der Waals surface area contributed by atoms with E-state index in [2.05, 4.69) is 11.4 Å². The Labute approximate surface area is 164 Å². The van der Waals surface area contributed by atoms with Gasteiger partial charge in [0.1, 0.15) is 11.9 Å². The summed E-state index contributed by atoms with van der Waals surface area (Å²) >= 11 is 1.52. The molecule has 1 unspecified atom stereocenters. The Bertz CT molecular complexity index is 780. The standard InChI is InChI=1S/C21H25FN2O2S/c1-15-6-4-5-7-18(15)13-27-14-20(25)24(16(2)21(26)23-3)12-17-8-10-19(22)11-9-17/h4-11,16H,12-14H2,1-3H3,(H,23,26). The van der Waals surface area contributed by atoms with Crippen molar-refractivity contribution in [3.8, 4) is 0 Å². The second kappa shape index (κ2) is 10.1. The van der Waals surface area contributed by atoms with Crippen LogP contribution in [0, 0.1) is 12.7 Å². The number of benzene rings is 2. The van der Waals surface area contributed by atoms with E-state index in [0.29, 0.717) is 0 Å². The summed E-state index contributed by atoms with van der Waals surface area (Å²) in [4.78, 5) is 26.4. The van der Waals surface area contributed by atoms with E-state index < -0.39 is 6.04 Å². The van der Waals surface area contributed by atoms with Crippen LogP contribution < -0.4 is 5.32 Å². The monoisotopic (exact) mass is 388 g/mol. The Morgan fingerprint density at radius 2 is 1.81 bits per heavy atom. The first-order chi connectivity index (χ1) is 12.9. The molecule has 2 rings (SSSR count). The molecule has 2 aromatic rings. The van der Waals surface area contributed by atoms with Crippen LogP contribution >= 0.6 is 11.8 Å². The molecule has 2 amide bonds. The topological polar surface area (TPSA) is 49.4 Å². The van der Waals surface area contributed by atoms with Gasteiger partial charge in [0.15, 0.2) is 0 Å². The van der Waals surface area contributed by atoms with Crippen LogP contribution in [0.4, 0.5) is 4.39 Å². The molecule has 6 heteroatoms. The van der Waals surface area contributed by atoms with Gasteiger partial charge in [-0.3, -0.25) is 9.59 Å². The zero-order chi connectivity index (χ0) is 19.8. The summed E-state index contributed by atoms with van der Waals surface area (Å²) in [7, 11) is 1.55. The number of halogens is 1. The van der Waals surface area contributed by atoms with E-state index >= 15 is 0 Å². The zero-order valence-corrected chi connectivity index (χ0v) is 16.7. The average molecular weight is 389 g/mol. The maximum Gasteiger partial charge on any atom is 0.242 e. The Hall–Kier alpha value is -2.34. The molecule has 0 aliphatic heterocycles. The van der Waals surface area contributed by atoms with E-state index in [1.165, 1.54) is 39.9 Å². The lowest BCUT2D eigenvalue weighted by Crippen LogP contribution is -2.47. The van der Waals surface area contributed by atoms with Crippen molar-refractivity contribution in [3.05, 3.63) is 71.0 Å². The molecule has 0 radical (unpaired) electrons. The first-order valence-corrected chi connectivity index (χ1v) is 9.95. The molecule has 1 atom stereocenters. The summed E-state index contributed by atoms with van der Waals surface area (Å²) in [5.74, 6) is 0.335. The van der Waals surface area contributed by atoms with Crippen molar-refractivity contribution in [2.45, 2.75) is 32.2 Å². The first kappa shape index (κ1) is 21.0. The van der Waals surface area contributed by atoms with Crippen LogP contribution in [-0.2, 0) is 21.9 Å². The number of carbonyl (C=O) groups is 2. The quantitative estimate of drug-likeness (QED) is 0.753. The highest BCUT2D eigenvalue weighted by molar-refractivity contribution is 7.99. The predicted octanol–water partition coefficient (Wildman–Crippen LogP) is 3.53. The van der Waals surface area contributed by atoms with Gasteiger partial charge in [0.2, 0.25) is 11.8 Å². The second-order valence-electron chi connectivity index (χ2n) is 6.36. The van der Waals surface area contributed by atoms with E-state index in [-0.39, 0.29) is 29.9 Å². The van der Waals surface area contributed by atoms with E-state index in [1.807, 2.05) is 25.1 Å². The highest BCUT2D eigenvalue weighted by Gasteiger charge is 2.25. The van der Waals surface area contributed by atoms with Gasteiger partial charge in [0.05, 0.1) is 5.75 Å². The molecule has 0 bridgehead atoms. The van der Waals surface area contributed by atoms with Crippen LogP contribution in [0.1, 0.15) is 23.6 Å². The number of nitrogens with one attached hydrogen (secondary N) is 1. The lowest BCUT2D eigenvalue weighted by atomic mass is 10.1. The molecular formula is C21H25FN2O2S. The Kier molecular flexibility index (Phi) is 7.85. The number of aryl methyl sites for hydroxylation is 1. The first-order valence-electron chi connectivity index (χ1n) is 8.80. The van der Waals surface area contributed by atoms with Crippen LogP contribution in [-0.4, -0.2) is 35.6 Å². The average Bonchev–Trinajstić information content (AvgIpc) is 2.67. The van der Waals surface area contributed by atoms with Gasteiger partial charge in [0.25, 0.3) is 0 Å². The van der Waals surface area contributed by atoms with E-state index in [9.17, 15) is 14.0 Å². The highest BCUT2D eigenvalue weighted by Crippen LogP contribution is 2.18. The molecule has 0 aliphatic carbocycles. The molecule has 0 aromatic heterocycles. The summed E-state index contributed by atoms with van der Waals surface area (Å²) in [5, 5.41) is 2.58. The number of amides is 2. The fourth-order valence-corrected chi connectivity index (χ4v) is 3.67. The van der Waals surface area contributed by atoms with Crippen molar-refractivity contribution >= 4 is 23.6 Å². The summed E-state index contributed by atoms with van der Waals surface area (Å²) in [6.07, 6.45) is 0. The molecule has 0 saturated heterocycles. The van der Waals surface area contributed by atoms with Gasteiger partial charge in [-0.25, -0.2) is 4.39 Å². The van der Waals surface area contributed by atoms with Crippen LogP contribution in [0.15, 0.2) is 48.5 Å².